The molecule has 1 amide bonds. The van der Waals surface area contributed by atoms with E-state index in [-0.39, 0.29) is 11.9 Å². The number of hydrogen-bond donors (Lipinski definition) is 0. The van der Waals surface area contributed by atoms with Crippen molar-refractivity contribution < 1.29 is 4.79 Å². The molecular formula is C13H19N5OS. The van der Waals surface area contributed by atoms with Crippen LogP contribution in [0.2, 0.25) is 0 Å². The van der Waals surface area contributed by atoms with Gasteiger partial charge in [0.25, 0.3) is 5.78 Å². The van der Waals surface area contributed by atoms with Crippen molar-refractivity contribution in [3.63, 3.8) is 0 Å². The first-order valence-corrected chi connectivity index (χ1v) is 7.46. The van der Waals surface area contributed by atoms with E-state index < -0.39 is 0 Å². The highest BCUT2D eigenvalue weighted by Gasteiger charge is 2.14. The average molecular weight is 293 g/mol. The predicted molar refractivity (Wildman–Crippen MR) is 78.9 cm³/mol. The third-order valence-electron chi connectivity index (χ3n) is 3.09. The first-order chi connectivity index (χ1) is 9.38. The van der Waals surface area contributed by atoms with Crippen LogP contribution in [0, 0.1) is 13.8 Å². The summed E-state index contributed by atoms with van der Waals surface area (Å²) in [5, 5.41) is 4.95. The predicted octanol–water partition coefficient (Wildman–Crippen LogP) is 1.70. The normalized spacial score (nSPS) is 11.3. The molecule has 6 nitrogen and oxygen atoms in total. The van der Waals surface area contributed by atoms with E-state index in [1.807, 2.05) is 33.8 Å². The number of carbonyl (C=O) groups is 1. The summed E-state index contributed by atoms with van der Waals surface area (Å²) in [4.78, 5) is 22.3. The minimum absolute atomic E-state index is 0.0738. The molecule has 0 atom stereocenters. The van der Waals surface area contributed by atoms with Crippen molar-refractivity contribution in [3.8, 4) is 0 Å². The Morgan fingerprint density at radius 1 is 1.40 bits per heavy atom. The zero-order chi connectivity index (χ0) is 14.9. The Morgan fingerprint density at radius 2 is 2.10 bits per heavy atom. The van der Waals surface area contributed by atoms with E-state index in [4.69, 9.17) is 0 Å². The fraction of sp³-hybridized carbons (Fsp3) is 0.538. The first-order valence-electron chi connectivity index (χ1n) is 6.48. The highest BCUT2D eigenvalue weighted by molar-refractivity contribution is 7.99. The van der Waals surface area contributed by atoms with Gasteiger partial charge in [-0.15, -0.1) is 5.10 Å². The Hall–Kier alpha value is -1.63. The maximum absolute atomic E-state index is 11.9. The minimum Gasteiger partial charge on any atom is -0.343 e. The molecule has 2 aromatic rings. The van der Waals surface area contributed by atoms with Crippen LogP contribution < -0.4 is 0 Å². The molecule has 0 bridgehead atoms. The van der Waals surface area contributed by atoms with Gasteiger partial charge in [0.2, 0.25) is 11.1 Å². The summed E-state index contributed by atoms with van der Waals surface area (Å²) < 4.78 is 1.70. The monoisotopic (exact) mass is 293 g/mol. The number of aromatic nitrogens is 4. The van der Waals surface area contributed by atoms with Gasteiger partial charge in [0, 0.05) is 24.5 Å². The molecule has 0 saturated carbocycles. The third-order valence-corrected chi connectivity index (χ3v) is 3.91. The van der Waals surface area contributed by atoms with Crippen molar-refractivity contribution in [2.45, 2.75) is 38.9 Å². The number of hydrogen-bond acceptors (Lipinski definition) is 5. The van der Waals surface area contributed by atoms with Crippen LogP contribution in [0.1, 0.15) is 25.2 Å². The Kier molecular flexibility index (Phi) is 4.27. The van der Waals surface area contributed by atoms with Crippen molar-refractivity contribution in [3.05, 3.63) is 17.5 Å². The zero-order valence-corrected chi connectivity index (χ0v) is 13.2. The summed E-state index contributed by atoms with van der Waals surface area (Å²) in [6, 6.07) is 2.15. The van der Waals surface area contributed by atoms with Crippen LogP contribution in [0.5, 0.6) is 0 Å². The van der Waals surface area contributed by atoms with Gasteiger partial charge < -0.3 is 4.90 Å². The first kappa shape index (κ1) is 14.8. The molecule has 2 heterocycles. The summed E-state index contributed by atoms with van der Waals surface area (Å²) in [5.74, 6) is 0.989. The zero-order valence-electron chi connectivity index (χ0n) is 12.4. The van der Waals surface area contributed by atoms with Crippen molar-refractivity contribution in [2.75, 3.05) is 12.8 Å². The molecule has 108 valence electrons. The number of nitrogens with zero attached hydrogens (tertiary/aromatic N) is 5. The van der Waals surface area contributed by atoms with E-state index in [0.717, 1.165) is 11.4 Å². The number of thioether (sulfide) groups is 1. The molecule has 0 fully saturated rings. The van der Waals surface area contributed by atoms with Crippen molar-refractivity contribution >= 4 is 23.4 Å². The summed E-state index contributed by atoms with van der Waals surface area (Å²) >= 11 is 1.34. The lowest BCUT2D eigenvalue weighted by Gasteiger charge is -2.20. The third kappa shape index (κ3) is 3.09. The van der Waals surface area contributed by atoms with Gasteiger partial charge in [0.05, 0.1) is 5.75 Å². The topological polar surface area (TPSA) is 63.4 Å². The number of aryl methyl sites for hydroxylation is 2. The van der Waals surface area contributed by atoms with Crippen molar-refractivity contribution in [2.24, 2.45) is 0 Å². The largest absolute Gasteiger partial charge is 0.343 e. The van der Waals surface area contributed by atoms with Crippen molar-refractivity contribution in [1.82, 2.24) is 24.5 Å². The number of rotatable bonds is 4. The lowest BCUT2D eigenvalue weighted by molar-refractivity contribution is -0.128. The smallest absolute Gasteiger partial charge is 0.253 e. The fourth-order valence-electron chi connectivity index (χ4n) is 1.73. The number of amides is 1. The maximum atomic E-state index is 11.9. The summed E-state index contributed by atoms with van der Waals surface area (Å²) in [7, 11) is 1.81. The van der Waals surface area contributed by atoms with E-state index in [2.05, 4.69) is 15.1 Å². The van der Waals surface area contributed by atoms with Gasteiger partial charge >= 0.3 is 0 Å². The van der Waals surface area contributed by atoms with E-state index >= 15 is 0 Å². The van der Waals surface area contributed by atoms with Crippen LogP contribution >= 0.6 is 11.8 Å². The van der Waals surface area contributed by atoms with Crippen LogP contribution in [-0.2, 0) is 4.79 Å². The second-order valence-electron chi connectivity index (χ2n) is 5.03. The van der Waals surface area contributed by atoms with Crippen LogP contribution in [0.15, 0.2) is 11.2 Å². The van der Waals surface area contributed by atoms with Gasteiger partial charge in [0.15, 0.2) is 0 Å². The quantitative estimate of drug-likeness (QED) is 0.803. The molecule has 2 rings (SSSR count). The highest BCUT2D eigenvalue weighted by atomic mass is 32.2. The van der Waals surface area contributed by atoms with E-state index in [1.54, 1.807) is 16.5 Å². The Morgan fingerprint density at radius 3 is 2.75 bits per heavy atom. The molecule has 20 heavy (non-hydrogen) atoms. The van der Waals surface area contributed by atoms with Gasteiger partial charge in [-0.1, -0.05) is 11.8 Å². The molecule has 0 unspecified atom stereocenters. The van der Waals surface area contributed by atoms with Crippen molar-refractivity contribution in [1.29, 1.82) is 0 Å². The average Bonchev–Trinajstić information content (AvgIpc) is 2.78. The second kappa shape index (κ2) is 5.78. The lowest BCUT2D eigenvalue weighted by atomic mass is 10.3. The molecule has 0 N–H and O–H groups in total. The summed E-state index contributed by atoms with van der Waals surface area (Å²) in [5.41, 5.74) is 1.90. The van der Waals surface area contributed by atoms with Gasteiger partial charge in [-0.2, -0.15) is 4.98 Å². The molecular weight excluding hydrogens is 274 g/mol. The minimum atomic E-state index is 0.0738. The van der Waals surface area contributed by atoms with Crippen LogP contribution in [0.25, 0.3) is 5.78 Å². The molecule has 0 saturated heterocycles. The molecule has 2 aromatic heterocycles. The van der Waals surface area contributed by atoms with E-state index in [1.165, 1.54) is 11.8 Å². The van der Waals surface area contributed by atoms with Gasteiger partial charge in [0.1, 0.15) is 0 Å². The Labute approximate surface area is 122 Å². The summed E-state index contributed by atoms with van der Waals surface area (Å²) in [6.07, 6.45) is 0. The SMILES string of the molecule is Cc1cc(C)n2nc(SCC(=O)N(C)C(C)C)nc2n1. The highest BCUT2D eigenvalue weighted by Crippen LogP contribution is 2.16. The summed E-state index contributed by atoms with van der Waals surface area (Å²) in [6.45, 7) is 7.86. The van der Waals surface area contributed by atoms with Crippen LogP contribution in [-0.4, -0.2) is 49.2 Å². The molecule has 0 aliphatic heterocycles. The molecule has 0 radical (unpaired) electrons. The van der Waals surface area contributed by atoms with Gasteiger partial charge in [-0.05, 0) is 33.8 Å². The van der Waals surface area contributed by atoms with E-state index in [0.29, 0.717) is 16.7 Å². The molecule has 0 aromatic carbocycles. The van der Waals surface area contributed by atoms with Gasteiger partial charge in [-0.3, -0.25) is 4.79 Å². The van der Waals surface area contributed by atoms with Crippen LogP contribution in [0.4, 0.5) is 0 Å². The molecule has 0 spiro atoms. The lowest BCUT2D eigenvalue weighted by Crippen LogP contribution is -2.34. The Bertz CT molecular complexity index is 637. The number of fused-ring (bicyclic) bond motifs is 1. The fourth-order valence-corrected chi connectivity index (χ4v) is 2.47. The molecule has 0 aliphatic rings. The Balaban J connectivity index is 2.11. The standard InChI is InChI=1S/C13H19N5OS/c1-8(2)17(5)11(19)7-20-13-15-12-14-9(3)6-10(4)18(12)16-13/h6,8H,7H2,1-5H3. The maximum Gasteiger partial charge on any atom is 0.253 e. The molecule has 0 aliphatic carbocycles. The number of carbonyl (C=O) groups excluding carboxylic acids is 1. The second-order valence-corrected chi connectivity index (χ2v) is 5.97. The van der Waals surface area contributed by atoms with Crippen LogP contribution in [0.3, 0.4) is 0 Å². The van der Waals surface area contributed by atoms with Gasteiger partial charge in [-0.25, -0.2) is 9.50 Å². The van der Waals surface area contributed by atoms with E-state index in [9.17, 15) is 4.79 Å². The molecule has 7 heteroatoms.